The van der Waals surface area contributed by atoms with Gasteiger partial charge in [-0.3, -0.25) is 14.4 Å². The van der Waals surface area contributed by atoms with Crippen molar-refractivity contribution in [3.05, 3.63) is 78.4 Å². The number of likely N-dealkylation sites (tertiary alicyclic amines) is 1. The molecule has 0 aromatic heterocycles. The fourth-order valence-electron chi connectivity index (χ4n) is 4.31. The van der Waals surface area contributed by atoms with Crippen LogP contribution in [0.4, 0.5) is 5.69 Å². The number of carbonyl (C=O) groups is 3. The Bertz CT molecular complexity index is 1070. The second-order valence-corrected chi connectivity index (χ2v) is 11.0. The van der Waals surface area contributed by atoms with Crippen molar-refractivity contribution < 1.29 is 14.4 Å². The van der Waals surface area contributed by atoms with Crippen molar-refractivity contribution in [2.75, 3.05) is 11.9 Å². The third-order valence-electron chi connectivity index (χ3n) is 6.36. The maximum atomic E-state index is 13.4. The maximum Gasteiger partial charge on any atom is 0.251 e. The average molecular weight is 537 g/mol. The lowest BCUT2D eigenvalue weighted by molar-refractivity contribution is -0.139. The molecular weight excluding hydrogens is 488 g/mol. The van der Waals surface area contributed by atoms with E-state index in [9.17, 15) is 14.4 Å². The van der Waals surface area contributed by atoms with Crippen LogP contribution in [-0.4, -0.2) is 41.2 Å². The Morgan fingerprint density at radius 2 is 1.54 bits per heavy atom. The van der Waals surface area contributed by atoms with Crippen LogP contribution in [0.25, 0.3) is 0 Å². The molecule has 1 saturated heterocycles. The van der Waals surface area contributed by atoms with E-state index in [1.807, 2.05) is 85.7 Å². The summed E-state index contributed by atoms with van der Waals surface area (Å²) >= 11 is 0. The van der Waals surface area contributed by atoms with Gasteiger partial charge in [0.25, 0.3) is 5.91 Å². The molecule has 2 aromatic carbocycles. The first-order valence-corrected chi connectivity index (χ1v) is 13.7. The van der Waals surface area contributed by atoms with Crippen molar-refractivity contribution >= 4 is 23.4 Å². The first kappa shape index (κ1) is 33.4. The topological polar surface area (TPSA) is 105 Å². The van der Waals surface area contributed by atoms with E-state index in [-0.39, 0.29) is 11.8 Å². The molecule has 1 fully saturated rings. The van der Waals surface area contributed by atoms with Gasteiger partial charge in [-0.05, 0) is 68.9 Å². The van der Waals surface area contributed by atoms with E-state index in [0.717, 1.165) is 17.7 Å². The van der Waals surface area contributed by atoms with Gasteiger partial charge in [0.2, 0.25) is 11.8 Å². The Kier molecular flexibility index (Phi) is 12.9. The smallest absolute Gasteiger partial charge is 0.251 e. The summed E-state index contributed by atoms with van der Waals surface area (Å²) in [6.45, 7) is 19.6. The molecule has 0 bridgehead atoms. The summed E-state index contributed by atoms with van der Waals surface area (Å²) in [6, 6.07) is 15.8. The Morgan fingerprint density at radius 1 is 1.00 bits per heavy atom. The molecule has 4 N–H and O–H groups in total. The van der Waals surface area contributed by atoms with Crippen LogP contribution in [0.1, 0.15) is 84.2 Å². The molecule has 7 nitrogen and oxygen atoms in total. The molecule has 1 unspecified atom stereocenters. The van der Waals surface area contributed by atoms with Gasteiger partial charge in [-0.1, -0.05) is 71.0 Å². The largest absolute Gasteiger partial charge is 0.373 e. The summed E-state index contributed by atoms with van der Waals surface area (Å²) in [7, 11) is 0. The zero-order chi connectivity index (χ0) is 29.8. The monoisotopic (exact) mass is 536 g/mol. The number of primary amides is 1. The minimum atomic E-state index is -0.557. The number of hydrogen-bond donors (Lipinski definition) is 3. The van der Waals surface area contributed by atoms with Gasteiger partial charge in [-0.2, -0.15) is 0 Å². The highest BCUT2D eigenvalue weighted by Crippen LogP contribution is 2.28. The van der Waals surface area contributed by atoms with E-state index < -0.39 is 28.9 Å². The number of anilines is 1. The number of nitrogens with one attached hydrogen (secondary N) is 2. The van der Waals surface area contributed by atoms with Gasteiger partial charge in [-0.25, -0.2) is 0 Å². The Labute approximate surface area is 235 Å². The van der Waals surface area contributed by atoms with Crippen LogP contribution in [0.2, 0.25) is 0 Å². The molecule has 7 heteroatoms. The summed E-state index contributed by atoms with van der Waals surface area (Å²) in [6.07, 6.45) is 3.11. The number of allylic oxidation sites excluding steroid dienone is 1. The lowest BCUT2D eigenvalue weighted by Gasteiger charge is -2.35. The number of amides is 3. The van der Waals surface area contributed by atoms with E-state index in [4.69, 9.17) is 5.73 Å². The quantitative estimate of drug-likeness (QED) is 0.385. The summed E-state index contributed by atoms with van der Waals surface area (Å²) in [4.78, 5) is 39.6. The van der Waals surface area contributed by atoms with E-state index in [1.54, 1.807) is 35.2 Å². The number of nitrogens with zero attached hydrogens (tertiary/aromatic N) is 1. The van der Waals surface area contributed by atoms with Crippen molar-refractivity contribution in [1.29, 1.82) is 0 Å². The maximum absolute atomic E-state index is 13.4. The molecular formula is C32H48N4O3. The fraction of sp³-hybridized carbons (Fsp3) is 0.469. The van der Waals surface area contributed by atoms with Crippen molar-refractivity contribution in [2.24, 2.45) is 11.1 Å². The number of carbonyl (C=O) groups excluding carboxylic acids is 3. The zero-order valence-electron chi connectivity index (χ0n) is 25.0. The molecule has 0 saturated carbocycles. The number of rotatable bonds is 7. The molecule has 0 spiro atoms. The molecule has 214 valence electrons. The SMILES string of the molecule is C=CC.CC.CC(C)(NC(=O)c1ccc(NC(C(=O)N2CCC[C@H]2C(N)=O)C(C)(C)C)cc1)c1ccccc1. The van der Waals surface area contributed by atoms with Crippen LogP contribution in [0.3, 0.4) is 0 Å². The summed E-state index contributed by atoms with van der Waals surface area (Å²) < 4.78 is 0. The van der Waals surface area contributed by atoms with Gasteiger partial charge in [0.1, 0.15) is 12.1 Å². The third-order valence-corrected chi connectivity index (χ3v) is 6.36. The molecule has 0 radical (unpaired) electrons. The Hall–Kier alpha value is -3.61. The normalized spacial score (nSPS) is 15.5. The van der Waals surface area contributed by atoms with Crippen molar-refractivity contribution in [3.8, 4) is 0 Å². The number of nitrogens with two attached hydrogens (primary N) is 1. The van der Waals surface area contributed by atoms with E-state index in [2.05, 4.69) is 17.2 Å². The molecule has 0 aliphatic carbocycles. The highest BCUT2D eigenvalue weighted by molar-refractivity contribution is 5.95. The van der Waals surface area contributed by atoms with E-state index >= 15 is 0 Å². The van der Waals surface area contributed by atoms with Gasteiger partial charge in [-0.15, -0.1) is 6.58 Å². The number of benzene rings is 2. The molecule has 1 aliphatic rings. The predicted octanol–water partition coefficient (Wildman–Crippen LogP) is 5.87. The fourth-order valence-corrected chi connectivity index (χ4v) is 4.31. The summed E-state index contributed by atoms with van der Waals surface area (Å²) in [5, 5.41) is 6.40. The molecule has 3 amide bonds. The molecule has 1 aliphatic heterocycles. The first-order valence-electron chi connectivity index (χ1n) is 13.7. The second-order valence-electron chi connectivity index (χ2n) is 11.0. The minimum Gasteiger partial charge on any atom is -0.373 e. The minimum absolute atomic E-state index is 0.139. The van der Waals surface area contributed by atoms with Crippen molar-refractivity contribution in [3.63, 3.8) is 0 Å². The molecule has 1 heterocycles. The highest BCUT2D eigenvalue weighted by atomic mass is 16.2. The molecule has 2 atom stereocenters. The van der Waals surface area contributed by atoms with Crippen LogP contribution in [0, 0.1) is 5.41 Å². The Morgan fingerprint density at radius 3 is 2.03 bits per heavy atom. The average Bonchev–Trinajstić information content (AvgIpc) is 3.39. The first-order chi connectivity index (χ1) is 18.3. The van der Waals surface area contributed by atoms with Crippen LogP contribution >= 0.6 is 0 Å². The van der Waals surface area contributed by atoms with E-state index in [0.29, 0.717) is 18.5 Å². The molecule has 2 aromatic rings. The van der Waals surface area contributed by atoms with Crippen LogP contribution in [0.5, 0.6) is 0 Å². The zero-order valence-corrected chi connectivity index (χ0v) is 25.0. The standard InChI is InChI=1S/C27H36N4O3.C3H6.C2H6/c1-26(2,3)22(25(34)31-17-9-12-21(31)23(28)32)29-20-15-13-18(14-16-20)24(33)30-27(4,5)19-10-7-6-8-11-19;1-3-2;1-2/h6-8,10-11,13-16,21-22,29H,9,12,17H2,1-5H3,(H2,28,32)(H,30,33);3H,1H2,2H3;1-2H3/t21-,22?;;/m0../s1. The van der Waals surface area contributed by atoms with Gasteiger partial charge in [0, 0.05) is 17.8 Å². The van der Waals surface area contributed by atoms with Crippen molar-refractivity contribution in [1.82, 2.24) is 10.2 Å². The van der Waals surface area contributed by atoms with Gasteiger partial charge >= 0.3 is 0 Å². The summed E-state index contributed by atoms with van der Waals surface area (Å²) in [5.41, 5.74) is 6.87. The van der Waals surface area contributed by atoms with E-state index in [1.165, 1.54) is 0 Å². The second kappa shape index (κ2) is 15.1. The molecule has 39 heavy (non-hydrogen) atoms. The van der Waals surface area contributed by atoms with Crippen LogP contribution < -0.4 is 16.4 Å². The number of hydrogen-bond acceptors (Lipinski definition) is 4. The van der Waals surface area contributed by atoms with Gasteiger partial charge < -0.3 is 21.3 Å². The van der Waals surface area contributed by atoms with Crippen LogP contribution in [-0.2, 0) is 15.1 Å². The van der Waals surface area contributed by atoms with Gasteiger partial charge in [0.15, 0.2) is 0 Å². The lowest BCUT2D eigenvalue weighted by atomic mass is 9.85. The Balaban J connectivity index is 0.00000142. The highest BCUT2D eigenvalue weighted by Gasteiger charge is 2.40. The van der Waals surface area contributed by atoms with Gasteiger partial charge in [0.05, 0.1) is 5.54 Å². The predicted molar refractivity (Wildman–Crippen MR) is 161 cm³/mol. The summed E-state index contributed by atoms with van der Waals surface area (Å²) in [5.74, 6) is -0.780. The lowest BCUT2D eigenvalue weighted by Crippen LogP contribution is -2.53. The van der Waals surface area contributed by atoms with Crippen molar-refractivity contribution in [2.45, 2.75) is 85.9 Å². The molecule has 3 rings (SSSR count). The third kappa shape index (κ3) is 9.57. The van der Waals surface area contributed by atoms with Crippen LogP contribution in [0.15, 0.2) is 67.3 Å².